The lowest BCUT2D eigenvalue weighted by Crippen LogP contribution is -2.54. The minimum absolute atomic E-state index is 0.0139. The van der Waals surface area contributed by atoms with Gasteiger partial charge in [0.25, 0.3) is 0 Å². The lowest BCUT2D eigenvalue weighted by molar-refractivity contribution is -0.135. The highest BCUT2D eigenvalue weighted by molar-refractivity contribution is 5.81. The van der Waals surface area contributed by atoms with Crippen molar-refractivity contribution in [2.45, 2.75) is 39.7 Å². The Morgan fingerprint density at radius 2 is 1.74 bits per heavy atom. The Balaban J connectivity index is 1.59. The van der Waals surface area contributed by atoms with Gasteiger partial charge in [-0.25, -0.2) is 4.98 Å². The van der Waals surface area contributed by atoms with E-state index in [1.54, 1.807) is 0 Å². The molecule has 126 valence electrons. The van der Waals surface area contributed by atoms with Gasteiger partial charge in [0, 0.05) is 45.5 Å². The van der Waals surface area contributed by atoms with Gasteiger partial charge in [-0.1, -0.05) is 0 Å². The molecule has 0 saturated carbocycles. The fourth-order valence-electron chi connectivity index (χ4n) is 3.50. The van der Waals surface area contributed by atoms with Gasteiger partial charge < -0.3 is 9.80 Å². The summed E-state index contributed by atoms with van der Waals surface area (Å²) in [6, 6.07) is -0.0139. The molecule has 1 atom stereocenters. The number of nitrogens with zero attached hydrogens (tertiary/aromatic N) is 5. The Hall–Kier alpha value is -1.69. The molecule has 0 aliphatic carbocycles. The largest absolute Gasteiger partial charge is 0.353 e. The molecule has 6 nitrogen and oxygen atoms in total. The van der Waals surface area contributed by atoms with Gasteiger partial charge in [-0.3, -0.25) is 14.7 Å². The molecule has 0 aromatic carbocycles. The summed E-state index contributed by atoms with van der Waals surface area (Å²) in [5.74, 6) is 1.28. The number of carbonyl (C=O) groups is 1. The molecule has 23 heavy (non-hydrogen) atoms. The molecular weight excluding hydrogens is 290 g/mol. The fraction of sp³-hybridized carbons (Fsp3) is 0.706. The summed E-state index contributed by atoms with van der Waals surface area (Å²) in [6.07, 6.45) is 4.11. The number of aryl methyl sites for hydroxylation is 2. The molecule has 0 N–H and O–H groups in total. The number of hydrogen-bond acceptors (Lipinski definition) is 5. The normalized spacial score (nSPS) is 20.8. The van der Waals surface area contributed by atoms with Crippen LogP contribution in [0.15, 0.2) is 6.20 Å². The van der Waals surface area contributed by atoms with Crippen LogP contribution >= 0.6 is 0 Å². The van der Waals surface area contributed by atoms with Crippen LogP contribution in [0, 0.1) is 13.8 Å². The monoisotopic (exact) mass is 317 g/mol. The highest BCUT2D eigenvalue weighted by Gasteiger charge is 2.30. The standard InChI is InChI=1S/C17H27N5O/c1-13-12-18-14(2)16(19-13)21-10-8-20(9-11-21)15(3)17(23)22-6-4-5-7-22/h12,15H,4-11H2,1-3H3/t15-/m0/s1. The van der Waals surface area contributed by atoms with E-state index in [-0.39, 0.29) is 6.04 Å². The van der Waals surface area contributed by atoms with E-state index in [2.05, 4.69) is 19.8 Å². The van der Waals surface area contributed by atoms with E-state index in [4.69, 9.17) is 0 Å². The maximum absolute atomic E-state index is 12.5. The second-order valence-corrected chi connectivity index (χ2v) is 6.65. The number of anilines is 1. The van der Waals surface area contributed by atoms with E-state index < -0.39 is 0 Å². The highest BCUT2D eigenvalue weighted by atomic mass is 16.2. The van der Waals surface area contributed by atoms with Crippen LogP contribution in [0.1, 0.15) is 31.2 Å². The number of likely N-dealkylation sites (tertiary alicyclic amines) is 1. The summed E-state index contributed by atoms with van der Waals surface area (Å²) >= 11 is 0. The topological polar surface area (TPSA) is 52.6 Å². The molecule has 0 unspecified atom stereocenters. The lowest BCUT2D eigenvalue weighted by Gasteiger charge is -2.39. The Morgan fingerprint density at radius 3 is 2.39 bits per heavy atom. The quantitative estimate of drug-likeness (QED) is 0.839. The fourth-order valence-corrected chi connectivity index (χ4v) is 3.50. The molecule has 2 aliphatic rings. The summed E-state index contributed by atoms with van der Waals surface area (Å²) in [5, 5.41) is 0. The summed E-state index contributed by atoms with van der Waals surface area (Å²) < 4.78 is 0. The van der Waals surface area contributed by atoms with E-state index in [0.29, 0.717) is 5.91 Å². The Labute approximate surface area is 138 Å². The van der Waals surface area contributed by atoms with Crippen LogP contribution < -0.4 is 4.90 Å². The SMILES string of the molecule is Cc1cnc(C)c(N2CCN([C@@H](C)C(=O)N3CCCC3)CC2)n1. The van der Waals surface area contributed by atoms with Gasteiger partial charge in [-0.15, -0.1) is 0 Å². The van der Waals surface area contributed by atoms with Crippen LogP contribution in [-0.4, -0.2) is 71.0 Å². The highest BCUT2D eigenvalue weighted by Crippen LogP contribution is 2.19. The molecule has 2 saturated heterocycles. The van der Waals surface area contributed by atoms with Crippen LogP contribution in [0.3, 0.4) is 0 Å². The molecule has 0 radical (unpaired) electrons. The minimum Gasteiger partial charge on any atom is -0.353 e. The molecule has 1 amide bonds. The Kier molecular flexibility index (Phi) is 4.80. The number of piperazine rings is 1. The third kappa shape index (κ3) is 3.47. The van der Waals surface area contributed by atoms with Crippen molar-refractivity contribution in [1.29, 1.82) is 0 Å². The number of carbonyl (C=O) groups excluding carboxylic acids is 1. The zero-order valence-electron chi connectivity index (χ0n) is 14.5. The molecule has 1 aromatic rings. The molecular formula is C17H27N5O. The van der Waals surface area contributed by atoms with Gasteiger partial charge in [0.05, 0.1) is 17.4 Å². The summed E-state index contributed by atoms with van der Waals surface area (Å²) in [5.41, 5.74) is 1.93. The Morgan fingerprint density at radius 1 is 1.09 bits per heavy atom. The average Bonchev–Trinajstić information content (AvgIpc) is 3.10. The third-order valence-corrected chi connectivity index (χ3v) is 4.99. The van der Waals surface area contributed by atoms with Gasteiger partial charge >= 0.3 is 0 Å². The van der Waals surface area contributed by atoms with E-state index >= 15 is 0 Å². The van der Waals surface area contributed by atoms with Crippen LogP contribution in [-0.2, 0) is 4.79 Å². The molecule has 2 fully saturated rings. The van der Waals surface area contributed by atoms with Gasteiger partial charge in [0.2, 0.25) is 5.91 Å². The number of aromatic nitrogens is 2. The number of rotatable bonds is 3. The first kappa shape index (κ1) is 16.2. The molecule has 6 heteroatoms. The van der Waals surface area contributed by atoms with Crippen LogP contribution in [0.4, 0.5) is 5.82 Å². The van der Waals surface area contributed by atoms with Gasteiger partial charge in [0.15, 0.2) is 0 Å². The first-order valence-corrected chi connectivity index (χ1v) is 8.64. The average molecular weight is 317 g/mol. The molecule has 3 rings (SSSR count). The molecule has 0 spiro atoms. The third-order valence-electron chi connectivity index (χ3n) is 4.99. The van der Waals surface area contributed by atoms with Crippen molar-refractivity contribution in [2.24, 2.45) is 0 Å². The van der Waals surface area contributed by atoms with Crippen LogP contribution in [0.2, 0.25) is 0 Å². The van der Waals surface area contributed by atoms with E-state index in [1.807, 2.05) is 31.9 Å². The van der Waals surface area contributed by atoms with Crippen molar-refractivity contribution < 1.29 is 4.79 Å². The van der Waals surface area contributed by atoms with Crippen molar-refractivity contribution in [1.82, 2.24) is 19.8 Å². The van der Waals surface area contributed by atoms with Crippen molar-refractivity contribution in [2.75, 3.05) is 44.2 Å². The Bertz CT molecular complexity index is 562. The van der Waals surface area contributed by atoms with Gasteiger partial charge in [-0.2, -0.15) is 0 Å². The van der Waals surface area contributed by atoms with Crippen LogP contribution in [0.25, 0.3) is 0 Å². The maximum Gasteiger partial charge on any atom is 0.239 e. The second kappa shape index (κ2) is 6.83. The zero-order valence-corrected chi connectivity index (χ0v) is 14.5. The van der Waals surface area contributed by atoms with Gasteiger partial charge in [0.1, 0.15) is 5.82 Å². The van der Waals surface area contributed by atoms with Gasteiger partial charge in [-0.05, 0) is 33.6 Å². The molecule has 3 heterocycles. The number of amides is 1. The van der Waals surface area contributed by atoms with Crippen molar-refractivity contribution >= 4 is 11.7 Å². The summed E-state index contributed by atoms with van der Waals surface area (Å²) in [6.45, 7) is 11.5. The van der Waals surface area contributed by atoms with Crippen molar-refractivity contribution in [3.05, 3.63) is 17.6 Å². The van der Waals surface area contributed by atoms with E-state index in [0.717, 1.165) is 69.3 Å². The van der Waals surface area contributed by atoms with Crippen molar-refractivity contribution in [3.8, 4) is 0 Å². The number of hydrogen-bond donors (Lipinski definition) is 0. The van der Waals surface area contributed by atoms with Crippen LogP contribution in [0.5, 0.6) is 0 Å². The minimum atomic E-state index is -0.0139. The summed E-state index contributed by atoms with van der Waals surface area (Å²) in [4.78, 5) is 28.2. The van der Waals surface area contributed by atoms with Crippen molar-refractivity contribution in [3.63, 3.8) is 0 Å². The molecule has 0 bridgehead atoms. The van der Waals surface area contributed by atoms with E-state index in [9.17, 15) is 4.79 Å². The first-order chi connectivity index (χ1) is 11.1. The predicted octanol–water partition coefficient (Wildman–Crippen LogP) is 1.23. The predicted molar refractivity (Wildman–Crippen MR) is 90.6 cm³/mol. The maximum atomic E-state index is 12.5. The molecule has 1 aromatic heterocycles. The van der Waals surface area contributed by atoms with E-state index in [1.165, 1.54) is 0 Å². The smallest absolute Gasteiger partial charge is 0.239 e. The second-order valence-electron chi connectivity index (χ2n) is 6.65. The lowest BCUT2D eigenvalue weighted by atomic mass is 10.2. The zero-order chi connectivity index (χ0) is 16.4. The first-order valence-electron chi connectivity index (χ1n) is 8.64. The molecule has 2 aliphatic heterocycles. The summed E-state index contributed by atoms with van der Waals surface area (Å²) in [7, 11) is 0.